The molecule has 2 rings (SSSR count). The van der Waals surface area contributed by atoms with Gasteiger partial charge in [0.05, 0.1) is 0 Å². The number of hydrogen-bond acceptors (Lipinski definition) is 4. The zero-order valence-electron chi connectivity index (χ0n) is 13.7. The Morgan fingerprint density at radius 3 is 2.55 bits per heavy atom. The summed E-state index contributed by atoms with van der Waals surface area (Å²) in [5, 5.41) is 0. The molecule has 0 amide bonds. The quantitative estimate of drug-likeness (QED) is 0.631. The van der Waals surface area contributed by atoms with Crippen molar-refractivity contribution in [1.82, 2.24) is 0 Å². The average Bonchev–Trinajstić information content (AvgIpc) is 2.82. The highest BCUT2D eigenvalue weighted by atomic mass is 16.6. The lowest BCUT2D eigenvalue weighted by atomic mass is 9.93. The minimum absolute atomic E-state index is 0.180. The number of hydrogen-bond donors (Lipinski definition) is 0. The van der Waals surface area contributed by atoms with Crippen LogP contribution in [0.25, 0.3) is 0 Å². The molecular formula is C18H23NO3. The molecule has 0 saturated carbocycles. The molecule has 1 aliphatic heterocycles. The molecule has 1 aromatic rings. The van der Waals surface area contributed by atoms with Gasteiger partial charge in [-0.25, -0.2) is 9.79 Å². The van der Waals surface area contributed by atoms with Gasteiger partial charge in [-0.15, -0.1) is 6.58 Å². The number of ether oxygens (including phenoxy) is 2. The van der Waals surface area contributed by atoms with E-state index in [9.17, 15) is 4.79 Å². The summed E-state index contributed by atoms with van der Waals surface area (Å²) in [5.74, 6) is 0.113. The van der Waals surface area contributed by atoms with Crippen LogP contribution in [0.5, 0.6) is 0 Å². The zero-order valence-corrected chi connectivity index (χ0v) is 13.7. The summed E-state index contributed by atoms with van der Waals surface area (Å²) < 4.78 is 11.2. The van der Waals surface area contributed by atoms with Crippen molar-refractivity contribution in [3.8, 4) is 0 Å². The van der Waals surface area contributed by atoms with Crippen LogP contribution in [0.4, 0.5) is 0 Å². The van der Waals surface area contributed by atoms with Crippen molar-refractivity contribution in [2.45, 2.75) is 45.3 Å². The molecule has 4 nitrogen and oxygen atoms in total. The number of benzene rings is 1. The fraction of sp³-hybridized carbons (Fsp3) is 0.444. The summed E-state index contributed by atoms with van der Waals surface area (Å²) in [6, 6.07) is 9.56. The molecule has 0 N–H and O–H groups in total. The van der Waals surface area contributed by atoms with E-state index in [-0.39, 0.29) is 12.6 Å². The summed E-state index contributed by atoms with van der Waals surface area (Å²) in [5.41, 5.74) is 0.122. The van der Waals surface area contributed by atoms with Gasteiger partial charge in [0.1, 0.15) is 12.2 Å². The van der Waals surface area contributed by atoms with Crippen LogP contribution in [0.1, 0.15) is 39.7 Å². The van der Waals surface area contributed by atoms with Gasteiger partial charge in [-0.2, -0.15) is 0 Å². The minimum atomic E-state index is -1.04. The van der Waals surface area contributed by atoms with E-state index < -0.39 is 11.1 Å². The Morgan fingerprint density at radius 2 is 2.00 bits per heavy atom. The Kier molecular flexibility index (Phi) is 4.40. The second-order valence-corrected chi connectivity index (χ2v) is 6.74. The molecule has 1 atom stereocenters. The molecule has 4 heteroatoms. The summed E-state index contributed by atoms with van der Waals surface area (Å²) in [6.45, 7) is 11.5. The highest BCUT2D eigenvalue weighted by Gasteiger charge is 2.47. The molecule has 0 aromatic heterocycles. The number of nitrogens with zero attached hydrogens (tertiary/aromatic N) is 1. The van der Waals surface area contributed by atoms with Gasteiger partial charge in [-0.05, 0) is 39.8 Å². The minimum Gasteiger partial charge on any atom is -0.474 e. The van der Waals surface area contributed by atoms with E-state index in [2.05, 4.69) is 11.6 Å². The van der Waals surface area contributed by atoms with Crippen LogP contribution < -0.4 is 0 Å². The van der Waals surface area contributed by atoms with Crippen LogP contribution in [0.3, 0.4) is 0 Å². The maximum atomic E-state index is 12.6. The second-order valence-electron chi connectivity index (χ2n) is 6.74. The molecular weight excluding hydrogens is 278 g/mol. The van der Waals surface area contributed by atoms with Gasteiger partial charge >= 0.3 is 5.97 Å². The normalized spacial score (nSPS) is 21.0. The molecule has 0 spiro atoms. The van der Waals surface area contributed by atoms with Crippen molar-refractivity contribution in [1.29, 1.82) is 0 Å². The number of esters is 1. The highest BCUT2D eigenvalue weighted by Crippen LogP contribution is 2.31. The number of carbonyl (C=O) groups is 1. The summed E-state index contributed by atoms with van der Waals surface area (Å²) in [4.78, 5) is 17.2. The molecule has 1 aliphatic rings. The Morgan fingerprint density at radius 1 is 1.36 bits per heavy atom. The molecule has 1 unspecified atom stereocenters. The third-order valence-corrected chi connectivity index (χ3v) is 3.16. The van der Waals surface area contributed by atoms with Crippen molar-refractivity contribution < 1.29 is 14.3 Å². The van der Waals surface area contributed by atoms with Crippen LogP contribution in [0.15, 0.2) is 47.5 Å². The van der Waals surface area contributed by atoms with Crippen molar-refractivity contribution in [3.63, 3.8) is 0 Å². The van der Waals surface area contributed by atoms with E-state index in [1.54, 1.807) is 0 Å². The molecule has 0 radical (unpaired) electrons. The molecule has 1 aromatic carbocycles. The molecule has 0 aliphatic carbocycles. The Bertz CT molecular complexity index is 599. The second kappa shape index (κ2) is 5.95. The summed E-state index contributed by atoms with van der Waals surface area (Å²) in [6.07, 6.45) is 0.415. The van der Waals surface area contributed by atoms with E-state index >= 15 is 0 Å². The number of rotatable bonds is 4. The lowest BCUT2D eigenvalue weighted by Gasteiger charge is -2.27. The van der Waals surface area contributed by atoms with Crippen LogP contribution in [-0.2, 0) is 14.3 Å². The maximum absolute atomic E-state index is 12.6. The Hall–Kier alpha value is -2.10. The molecule has 0 saturated heterocycles. The highest BCUT2D eigenvalue weighted by molar-refractivity contribution is 5.99. The Balaban J connectivity index is 2.34. The first-order valence-electron chi connectivity index (χ1n) is 7.38. The summed E-state index contributed by atoms with van der Waals surface area (Å²) in [7, 11) is 0. The molecule has 0 bridgehead atoms. The first-order chi connectivity index (χ1) is 10.2. The van der Waals surface area contributed by atoms with Crippen LogP contribution in [-0.4, -0.2) is 29.6 Å². The van der Waals surface area contributed by atoms with E-state index in [0.29, 0.717) is 12.3 Å². The zero-order chi connectivity index (χ0) is 16.4. The lowest BCUT2D eigenvalue weighted by Crippen LogP contribution is -2.43. The standard InChI is InChI=1S/C18H23NO3/c1-13(2)11-18(16(20)22-17(3,4)5)12-21-15(19-18)14-9-7-6-8-10-14/h6-10H,1,11-12H2,2-5H3. The third-order valence-electron chi connectivity index (χ3n) is 3.16. The lowest BCUT2D eigenvalue weighted by molar-refractivity contribution is -0.162. The topological polar surface area (TPSA) is 47.9 Å². The monoisotopic (exact) mass is 301 g/mol. The van der Waals surface area contributed by atoms with Crippen LogP contribution >= 0.6 is 0 Å². The van der Waals surface area contributed by atoms with Gasteiger partial charge in [0, 0.05) is 12.0 Å². The predicted molar refractivity (Wildman–Crippen MR) is 86.9 cm³/mol. The third kappa shape index (κ3) is 3.75. The molecule has 0 fully saturated rings. The first-order valence-corrected chi connectivity index (χ1v) is 7.38. The SMILES string of the molecule is C=C(C)CC1(C(=O)OC(C)(C)C)COC(c2ccccc2)=N1. The van der Waals surface area contributed by atoms with Crippen LogP contribution in [0.2, 0.25) is 0 Å². The van der Waals surface area contributed by atoms with Crippen molar-refractivity contribution >= 4 is 11.9 Å². The average molecular weight is 301 g/mol. The predicted octanol–water partition coefficient (Wildman–Crippen LogP) is 3.51. The van der Waals surface area contributed by atoms with Gasteiger partial charge in [0.15, 0.2) is 5.54 Å². The van der Waals surface area contributed by atoms with E-state index in [0.717, 1.165) is 11.1 Å². The molecule has 1 heterocycles. The van der Waals surface area contributed by atoms with Crippen molar-refractivity contribution in [3.05, 3.63) is 48.0 Å². The van der Waals surface area contributed by atoms with Crippen molar-refractivity contribution in [2.75, 3.05) is 6.61 Å². The van der Waals surface area contributed by atoms with Gasteiger partial charge in [-0.1, -0.05) is 23.8 Å². The van der Waals surface area contributed by atoms with Gasteiger partial charge in [-0.3, -0.25) is 0 Å². The van der Waals surface area contributed by atoms with Crippen LogP contribution in [0, 0.1) is 0 Å². The van der Waals surface area contributed by atoms with E-state index in [4.69, 9.17) is 9.47 Å². The fourth-order valence-electron chi connectivity index (χ4n) is 2.31. The van der Waals surface area contributed by atoms with E-state index in [1.165, 1.54) is 0 Å². The molecule has 118 valence electrons. The van der Waals surface area contributed by atoms with Gasteiger partial charge < -0.3 is 9.47 Å². The first kappa shape index (κ1) is 16.3. The fourth-order valence-corrected chi connectivity index (χ4v) is 2.31. The smallest absolute Gasteiger partial charge is 0.338 e. The van der Waals surface area contributed by atoms with E-state index in [1.807, 2.05) is 58.0 Å². The van der Waals surface area contributed by atoms with Gasteiger partial charge in [0.2, 0.25) is 5.90 Å². The Labute approximate surface area is 131 Å². The van der Waals surface area contributed by atoms with Crippen molar-refractivity contribution in [2.24, 2.45) is 4.99 Å². The summed E-state index contributed by atoms with van der Waals surface area (Å²) >= 11 is 0. The number of aliphatic imine (C=N–C) groups is 1. The maximum Gasteiger partial charge on any atom is 0.338 e. The van der Waals surface area contributed by atoms with Gasteiger partial charge in [0.25, 0.3) is 0 Å². The number of carbonyl (C=O) groups excluding carboxylic acids is 1. The largest absolute Gasteiger partial charge is 0.474 e. The molecule has 22 heavy (non-hydrogen) atoms.